The topological polar surface area (TPSA) is 54.0 Å². The summed E-state index contributed by atoms with van der Waals surface area (Å²) in [5, 5.41) is 7.20. The van der Waals surface area contributed by atoms with E-state index in [1.165, 1.54) is 0 Å². The molecule has 4 heteroatoms. The first-order valence-electron chi connectivity index (χ1n) is 6.20. The van der Waals surface area contributed by atoms with Crippen molar-refractivity contribution in [3.63, 3.8) is 0 Å². The van der Waals surface area contributed by atoms with Crippen LogP contribution in [0.15, 0.2) is 36.5 Å². The van der Waals surface area contributed by atoms with E-state index in [-0.39, 0.29) is 11.8 Å². The number of carbonyl (C=O) groups is 1. The molecule has 1 saturated heterocycles. The van der Waals surface area contributed by atoms with Gasteiger partial charge in [-0.05, 0) is 25.1 Å². The fraction of sp³-hybridized carbons (Fsp3) is 0.286. The summed E-state index contributed by atoms with van der Waals surface area (Å²) < 4.78 is 0. The summed E-state index contributed by atoms with van der Waals surface area (Å²) in [7, 11) is 0. The van der Waals surface area contributed by atoms with Gasteiger partial charge in [-0.25, -0.2) is 0 Å². The smallest absolute Gasteiger partial charge is 0.228 e. The summed E-state index contributed by atoms with van der Waals surface area (Å²) in [4.78, 5) is 16.4. The van der Waals surface area contributed by atoms with Crippen LogP contribution < -0.4 is 10.6 Å². The molecular weight excluding hydrogens is 226 g/mol. The number of pyridine rings is 1. The van der Waals surface area contributed by atoms with Gasteiger partial charge in [0.05, 0.1) is 17.1 Å². The lowest BCUT2D eigenvalue weighted by Gasteiger charge is -2.11. The number of rotatable bonds is 2. The lowest BCUT2D eigenvalue weighted by atomic mass is 10.1. The van der Waals surface area contributed by atoms with Crippen LogP contribution in [-0.2, 0) is 4.79 Å². The second-order valence-electron chi connectivity index (χ2n) is 4.55. The molecule has 4 nitrogen and oxygen atoms in total. The van der Waals surface area contributed by atoms with Gasteiger partial charge < -0.3 is 10.6 Å². The van der Waals surface area contributed by atoms with Crippen LogP contribution in [0.4, 0.5) is 5.69 Å². The Hall–Kier alpha value is -1.94. The van der Waals surface area contributed by atoms with Gasteiger partial charge in [-0.3, -0.25) is 9.78 Å². The number of hydrogen-bond acceptors (Lipinski definition) is 3. The number of carbonyl (C=O) groups excluding carboxylic acids is 1. The third kappa shape index (κ3) is 2.07. The minimum Gasteiger partial charge on any atom is -0.325 e. The molecule has 1 aromatic heterocycles. The van der Waals surface area contributed by atoms with E-state index in [1.807, 2.05) is 30.3 Å². The van der Waals surface area contributed by atoms with Crippen LogP contribution in [0.1, 0.15) is 6.42 Å². The zero-order chi connectivity index (χ0) is 12.4. The first kappa shape index (κ1) is 11.2. The third-order valence-electron chi connectivity index (χ3n) is 3.34. The standard InChI is InChI=1S/C14H15N3O/c18-14(10-5-7-15-9-10)17-13-6-8-16-12-4-2-1-3-11(12)13/h1-4,6,8,10,15H,5,7,9H2,(H,16,17,18)/t10-/m0/s1. The van der Waals surface area contributed by atoms with Crippen molar-refractivity contribution >= 4 is 22.5 Å². The van der Waals surface area contributed by atoms with Gasteiger partial charge in [-0.1, -0.05) is 18.2 Å². The first-order valence-corrected chi connectivity index (χ1v) is 6.20. The second kappa shape index (κ2) is 4.74. The number of hydrogen-bond donors (Lipinski definition) is 2. The average molecular weight is 241 g/mol. The molecule has 1 fully saturated rings. The van der Waals surface area contributed by atoms with Crippen LogP contribution in [0.2, 0.25) is 0 Å². The summed E-state index contributed by atoms with van der Waals surface area (Å²) >= 11 is 0. The molecule has 0 saturated carbocycles. The molecule has 1 aliphatic heterocycles. The van der Waals surface area contributed by atoms with Gasteiger partial charge in [0, 0.05) is 18.1 Å². The molecule has 0 aliphatic carbocycles. The second-order valence-corrected chi connectivity index (χ2v) is 4.55. The first-order chi connectivity index (χ1) is 8.84. The number of fused-ring (bicyclic) bond motifs is 1. The van der Waals surface area contributed by atoms with E-state index in [1.54, 1.807) is 6.20 Å². The van der Waals surface area contributed by atoms with Gasteiger partial charge in [0.25, 0.3) is 0 Å². The largest absolute Gasteiger partial charge is 0.325 e. The number of amides is 1. The van der Waals surface area contributed by atoms with Gasteiger partial charge in [-0.2, -0.15) is 0 Å². The Kier molecular flexibility index (Phi) is 2.94. The lowest BCUT2D eigenvalue weighted by molar-refractivity contribution is -0.119. The van der Waals surface area contributed by atoms with E-state index < -0.39 is 0 Å². The van der Waals surface area contributed by atoms with Crippen molar-refractivity contribution in [3.8, 4) is 0 Å². The van der Waals surface area contributed by atoms with E-state index in [2.05, 4.69) is 15.6 Å². The number of anilines is 1. The maximum Gasteiger partial charge on any atom is 0.228 e. The van der Waals surface area contributed by atoms with Crippen LogP contribution >= 0.6 is 0 Å². The molecule has 3 rings (SSSR count). The van der Waals surface area contributed by atoms with Crippen LogP contribution in [0, 0.1) is 5.92 Å². The van der Waals surface area contributed by atoms with Crippen molar-refractivity contribution in [3.05, 3.63) is 36.5 Å². The molecule has 0 bridgehead atoms. The summed E-state index contributed by atoms with van der Waals surface area (Å²) in [6.07, 6.45) is 2.64. The van der Waals surface area contributed by atoms with Crippen LogP contribution in [-0.4, -0.2) is 24.0 Å². The molecule has 2 aromatic rings. The summed E-state index contributed by atoms with van der Waals surface area (Å²) in [6.45, 7) is 1.70. The number of nitrogens with one attached hydrogen (secondary N) is 2. The highest BCUT2D eigenvalue weighted by Crippen LogP contribution is 2.22. The molecule has 0 unspecified atom stereocenters. The maximum absolute atomic E-state index is 12.1. The Morgan fingerprint density at radius 2 is 2.22 bits per heavy atom. The number of nitrogens with zero attached hydrogens (tertiary/aromatic N) is 1. The predicted octanol–water partition coefficient (Wildman–Crippen LogP) is 1.78. The zero-order valence-corrected chi connectivity index (χ0v) is 10.0. The van der Waals surface area contributed by atoms with Crippen molar-refractivity contribution in [1.29, 1.82) is 0 Å². The lowest BCUT2D eigenvalue weighted by Crippen LogP contribution is -2.24. The highest BCUT2D eigenvalue weighted by molar-refractivity contribution is 6.01. The van der Waals surface area contributed by atoms with E-state index >= 15 is 0 Å². The fourth-order valence-electron chi connectivity index (χ4n) is 2.32. The van der Waals surface area contributed by atoms with Gasteiger partial charge >= 0.3 is 0 Å². The van der Waals surface area contributed by atoms with Crippen molar-refractivity contribution < 1.29 is 4.79 Å². The van der Waals surface area contributed by atoms with E-state index in [0.29, 0.717) is 0 Å². The molecule has 0 radical (unpaired) electrons. The minimum atomic E-state index is 0.0805. The van der Waals surface area contributed by atoms with Crippen molar-refractivity contribution in [2.75, 3.05) is 18.4 Å². The van der Waals surface area contributed by atoms with E-state index in [9.17, 15) is 4.79 Å². The third-order valence-corrected chi connectivity index (χ3v) is 3.34. The molecule has 18 heavy (non-hydrogen) atoms. The van der Waals surface area contributed by atoms with Crippen LogP contribution in [0.5, 0.6) is 0 Å². The van der Waals surface area contributed by atoms with E-state index in [0.717, 1.165) is 36.1 Å². The molecule has 2 N–H and O–H groups in total. The van der Waals surface area contributed by atoms with Crippen molar-refractivity contribution in [1.82, 2.24) is 10.3 Å². The normalized spacial score (nSPS) is 19.0. The average Bonchev–Trinajstić information content (AvgIpc) is 2.93. The van der Waals surface area contributed by atoms with Gasteiger partial charge in [0.1, 0.15) is 0 Å². The molecule has 1 atom stereocenters. The minimum absolute atomic E-state index is 0.0805. The Bertz CT molecular complexity index is 571. The molecule has 0 spiro atoms. The zero-order valence-electron chi connectivity index (χ0n) is 10.0. The SMILES string of the molecule is O=C(Nc1ccnc2ccccc12)[C@H]1CCNC1. The van der Waals surface area contributed by atoms with Crippen molar-refractivity contribution in [2.45, 2.75) is 6.42 Å². The monoisotopic (exact) mass is 241 g/mol. The number of aromatic nitrogens is 1. The molecule has 2 heterocycles. The fourth-order valence-corrected chi connectivity index (χ4v) is 2.32. The van der Waals surface area contributed by atoms with Gasteiger partial charge in [-0.15, -0.1) is 0 Å². The van der Waals surface area contributed by atoms with Crippen LogP contribution in [0.25, 0.3) is 10.9 Å². The molecule has 1 amide bonds. The Morgan fingerprint density at radius 1 is 1.33 bits per heavy atom. The highest BCUT2D eigenvalue weighted by atomic mass is 16.1. The van der Waals surface area contributed by atoms with Gasteiger partial charge in [0.2, 0.25) is 5.91 Å². The van der Waals surface area contributed by atoms with Crippen molar-refractivity contribution in [2.24, 2.45) is 5.92 Å². The summed E-state index contributed by atoms with van der Waals surface area (Å²) in [6, 6.07) is 9.67. The molecular formula is C14H15N3O. The maximum atomic E-state index is 12.1. The Labute approximate surface area is 105 Å². The number of para-hydroxylation sites is 1. The Balaban J connectivity index is 1.88. The number of benzene rings is 1. The summed E-state index contributed by atoms with van der Waals surface area (Å²) in [5.41, 5.74) is 1.75. The van der Waals surface area contributed by atoms with Crippen LogP contribution in [0.3, 0.4) is 0 Å². The summed E-state index contributed by atoms with van der Waals surface area (Å²) in [5.74, 6) is 0.174. The molecule has 1 aliphatic rings. The molecule has 1 aromatic carbocycles. The Morgan fingerprint density at radius 3 is 3.06 bits per heavy atom. The quantitative estimate of drug-likeness (QED) is 0.842. The molecule has 92 valence electrons. The van der Waals surface area contributed by atoms with Gasteiger partial charge in [0.15, 0.2) is 0 Å². The highest BCUT2D eigenvalue weighted by Gasteiger charge is 2.22. The van der Waals surface area contributed by atoms with E-state index in [4.69, 9.17) is 0 Å². The predicted molar refractivity (Wildman–Crippen MR) is 71.3 cm³/mol.